The van der Waals surface area contributed by atoms with Crippen LogP contribution in [0, 0.1) is 6.92 Å². The first kappa shape index (κ1) is 13.5. The monoisotopic (exact) mass is 261 g/mol. The molecule has 1 aliphatic heterocycles. The normalized spacial score (nSPS) is 18.8. The summed E-state index contributed by atoms with van der Waals surface area (Å²) in [7, 11) is 0. The molecular formula is C14H19N3O2. The van der Waals surface area contributed by atoms with Crippen LogP contribution in [0.4, 0.5) is 0 Å². The Morgan fingerprint density at radius 1 is 1.42 bits per heavy atom. The maximum absolute atomic E-state index is 11.9. The van der Waals surface area contributed by atoms with Gasteiger partial charge in [-0.3, -0.25) is 14.9 Å². The molecule has 2 amide bonds. The van der Waals surface area contributed by atoms with Crippen LogP contribution in [-0.2, 0) is 16.0 Å². The summed E-state index contributed by atoms with van der Waals surface area (Å²) in [6.45, 7) is 3.23. The molecule has 5 nitrogen and oxygen atoms in total. The van der Waals surface area contributed by atoms with Gasteiger partial charge in [0.25, 0.3) is 0 Å². The van der Waals surface area contributed by atoms with Gasteiger partial charge in [-0.2, -0.15) is 0 Å². The molecular weight excluding hydrogens is 242 g/mol. The van der Waals surface area contributed by atoms with E-state index in [0.717, 1.165) is 6.42 Å². The Morgan fingerprint density at radius 3 is 2.89 bits per heavy atom. The van der Waals surface area contributed by atoms with Crippen molar-refractivity contribution in [2.75, 3.05) is 19.6 Å². The number of rotatable bonds is 4. The average molecular weight is 261 g/mol. The third-order valence-corrected chi connectivity index (χ3v) is 3.28. The summed E-state index contributed by atoms with van der Waals surface area (Å²) in [6.07, 6.45) is 0.817. The number of carbonyl (C=O) groups is 2. The van der Waals surface area contributed by atoms with Gasteiger partial charge in [0.15, 0.2) is 0 Å². The molecule has 1 fully saturated rings. The lowest BCUT2D eigenvalue weighted by Crippen LogP contribution is -2.58. The van der Waals surface area contributed by atoms with E-state index < -0.39 is 0 Å². The summed E-state index contributed by atoms with van der Waals surface area (Å²) < 4.78 is 0. The zero-order valence-corrected chi connectivity index (χ0v) is 11.0. The maximum atomic E-state index is 11.9. The van der Waals surface area contributed by atoms with E-state index in [1.165, 1.54) is 11.1 Å². The zero-order chi connectivity index (χ0) is 13.7. The molecule has 1 aromatic rings. The first-order chi connectivity index (χ1) is 9.16. The van der Waals surface area contributed by atoms with E-state index >= 15 is 0 Å². The van der Waals surface area contributed by atoms with Crippen LogP contribution in [0.25, 0.3) is 0 Å². The molecule has 102 valence electrons. The van der Waals surface area contributed by atoms with Gasteiger partial charge in [-0.05, 0) is 24.5 Å². The van der Waals surface area contributed by atoms with Crippen LogP contribution in [-0.4, -0.2) is 37.5 Å². The minimum atomic E-state index is -0.324. The lowest BCUT2D eigenvalue weighted by Gasteiger charge is -2.23. The van der Waals surface area contributed by atoms with Gasteiger partial charge in [-0.25, -0.2) is 0 Å². The molecule has 1 aliphatic rings. The third-order valence-electron chi connectivity index (χ3n) is 3.28. The number of hydrogen-bond acceptors (Lipinski definition) is 3. The van der Waals surface area contributed by atoms with Gasteiger partial charge < -0.3 is 10.6 Å². The summed E-state index contributed by atoms with van der Waals surface area (Å²) in [5.41, 5.74) is 2.48. The second-order valence-corrected chi connectivity index (χ2v) is 4.71. The topological polar surface area (TPSA) is 70.2 Å². The zero-order valence-electron chi connectivity index (χ0n) is 11.0. The Kier molecular flexibility index (Phi) is 4.52. The molecule has 0 saturated carbocycles. The second-order valence-electron chi connectivity index (χ2n) is 4.71. The summed E-state index contributed by atoms with van der Waals surface area (Å²) in [5.74, 6) is -0.127. The third kappa shape index (κ3) is 3.79. The lowest BCUT2D eigenvalue weighted by molar-refractivity contribution is -0.126. The van der Waals surface area contributed by atoms with Crippen LogP contribution in [0.5, 0.6) is 0 Å². The van der Waals surface area contributed by atoms with Crippen LogP contribution in [0.2, 0.25) is 0 Å². The van der Waals surface area contributed by atoms with Gasteiger partial charge in [0, 0.05) is 13.1 Å². The van der Waals surface area contributed by atoms with Gasteiger partial charge in [0.05, 0.1) is 6.54 Å². The Balaban J connectivity index is 1.75. The van der Waals surface area contributed by atoms with Crippen LogP contribution < -0.4 is 16.0 Å². The Labute approximate surface area is 112 Å². The SMILES string of the molecule is Cc1ccccc1CCNC(=O)C1CNC(=O)CN1. The second kappa shape index (κ2) is 6.33. The van der Waals surface area contributed by atoms with E-state index in [-0.39, 0.29) is 24.4 Å². The maximum Gasteiger partial charge on any atom is 0.238 e. The molecule has 5 heteroatoms. The van der Waals surface area contributed by atoms with Crippen molar-refractivity contribution in [2.45, 2.75) is 19.4 Å². The number of benzene rings is 1. The molecule has 1 aromatic carbocycles. The van der Waals surface area contributed by atoms with Crippen molar-refractivity contribution in [3.8, 4) is 0 Å². The molecule has 3 N–H and O–H groups in total. The quantitative estimate of drug-likeness (QED) is 0.699. The molecule has 0 aliphatic carbocycles. The van der Waals surface area contributed by atoms with Gasteiger partial charge in [-0.15, -0.1) is 0 Å². The summed E-state index contributed by atoms with van der Waals surface area (Å²) in [6, 6.07) is 7.82. The van der Waals surface area contributed by atoms with Crippen molar-refractivity contribution in [2.24, 2.45) is 0 Å². The van der Waals surface area contributed by atoms with Crippen LogP contribution >= 0.6 is 0 Å². The summed E-state index contributed by atoms with van der Waals surface area (Å²) >= 11 is 0. The van der Waals surface area contributed by atoms with Crippen molar-refractivity contribution in [1.29, 1.82) is 0 Å². The van der Waals surface area contributed by atoms with E-state index in [1.54, 1.807) is 0 Å². The van der Waals surface area contributed by atoms with Crippen molar-refractivity contribution >= 4 is 11.8 Å². The van der Waals surface area contributed by atoms with E-state index in [4.69, 9.17) is 0 Å². The highest BCUT2D eigenvalue weighted by atomic mass is 16.2. The van der Waals surface area contributed by atoms with Gasteiger partial charge in [0.1, 0.15) is 6.04 Å². The standard InChI is InChI=1S/C14H19N3O2/c1-10-4-2-3-5-11(10)6-7-15-14(19)12-8-17-13(18)9-16-12/h2-5,12,16H,6-9H2,1H3,(H,15,19)(H,17,18). The summed E-state index contributed by atoms with van der Waals surface area (Å²) in [4.78, 5) is 22.8. The van der Waals surface area contributed by atoms with Crippen LogP contribution in [0.3, 0.4) is 0 Å². The molecule has 19 heavy (non-hydrogen) atoms. The Morgan fingerprint density at radius 2 is 2.21 bits per heavy atom. The number of nitrogens with one attached hydrogen (secondary N) is 3. The van der Waals surface area contributed by atoms with E-state index in [9.17, 15) is 9.59 Å². The average Bonchev–Trinajstić information content (AvgIpc) is 2.41. The molecule has 1 atom stereocenters. The highest BCUT2D eigenvalue weighted by Crippen LogP contribution is 2.06. The number of carbonyl (C=O) groups excluding carboxylic acids is 2. The van der Waals surface area contributed by atoms with Gasteiger partial charge >= 0.3 is 0 Å². The fourth-order valence-corrected chi connectivity index (χ4v) is 2.09. The fraction of sp³-hybridized carbons (Fsp3) is 0.429. The van der Waals surface area contributed by atoms with E-state index in [0.29, 0.717) is 13.1 Å². The number of aryl methyl sites for hydroxylation is 1. The molecule has 0 radical (unpaired) electrons. The van der Waals surface area contributed by atoms with Crippen molar-refractivity contribution in [3.05, 3.63) is 35.4 Å². The van der Waals surface area contributed by atoms with Crippen molar-refractivity contribution in [3.63, 3.8) is 0 Å². The first-order valence-corrected chi connectivity index (χ1v) is 6.49. The number of piperazine rings is 1. The predicted octanol–water partition coefficient (Wildman–Crippen LogP) is -0.258. The van der Waals surface area contributed by atoms with Crippen LogP contribution in [0.15, 0.2) is 24.3 Å². The molecule has 0 aromatic heterocycles. The fourth-order valence-electron chi connectivity index (χ4n) is 2.09. The highest BCUT2D eigenvalue weighted by molar-refractivity contribution is 5.86. The Hall–Kier alpha value is -1.88. The summed E-state index contributed by atoms with van der Waals surface area (Å²) in [5, 5.41) is 8.46. The smallest absolute Gasteiger partial charge is 0.238 e. The van der Waals surface area contributed by atoms with E-state index in [2.05, 4.69) is 35.0 Å². The molecule has 0 bridgehead atoms. The van der Waals surface area contributed by atoms with Crippen LogP contribution in [0.1, 0.15) is 11.1 Å². The minimum Gasteiger partial charge on any atom is -0.354 e. The predicted molar refractivity (Wildman–Crippen MR) is 72.7 cm³/mol. The molecule has 2 rings (SSSR count). The Bertz CT molecular complexity index is 464. The number of hydrogen-bond donors (Lipinski definition) is 3. The highest BCUT2D eigenvalue weighted by Gasteiger charge is 2.23. The minimum absolute atomic E-state index is 0.0615. The molecule has 1 heterocycles. The lowest BCUT2D eigenvalue weighted by atomic mass is 10.1. The number of amides is 2. The largest absolute Gasteiger partial charge is 0.354 e. The first-order valence-electron chi connectivity index (χ1n) is 6.49. The van der Waals surface area contributed by atoms with Crippen molar-refractivity contribution < 1.29 is 9.59 Å². The molecule has 0 spiro atoms. The molecule has 1 unspecified atom stereocenters. The van der Waals surface area contributed by atoms with Gasteiger partial charge in [0.2, 0.25) is 11.8 Å². The van der Waals surface area contributed by atoms with Gasteiger partial charge in [-0.1, -0.05) is 24.3 Å². The van der Waals surface area contributed by atoms with E-state index in [1.807, 2.05) is 12.1 Å². The molecule has 1 saturated heterocycles. The van der Waals surface area contributed by atoms with Crippen molar-refractivity contribution in [1.82, 2.24) is 16.0 Å².